The Hall–Kier alpha value is -1.43. The summed E-state index contributed by atoms with van der Waals surface area (Å²) in [5.74, 6) is 0.190. The SMILES string of the molecule is CCCS(=O)CCC(=O)Nc1ccc(F)c(N)c1. The maximum Gasteiger partial charge on any atom is 0.225 e. The van der Waals surface area contributed by atoms with E-state index >= 15 is 0 Å². The van der Waals surface area contributed by atoms with E-state index in [0.717, 1.165) is 6.42 Å². The number of anilines is 2. The van der Waals surface area contributed by atoms with Crippen LogP contribution < -0.4 is 11.1 Å². The second kappa shape index (κ2) is 7.10. The molecule has 0 heterocycles. The number of benzene rings is 1. The summed E-state index contributed by atoms with van der Waals surface area (Å²) in [6.07, 6.45) is 1.02. The fourth-order valence-corrected chi connectivity index (χ4v) is 2.45. The number of carbonyl (C=O) groups is 1. The number of nitrogen functional groups attached to an aromatic ring is 1. The summed E-state index contributed by atoms with van der Waals surface area (Å²) < 4.78 is 24.3. The van der Waals surface area contributed by atoms with Gasteiger partial charge < -0.3 is 11.1 Å². The molecule has 0 aromatic heterocycles. The number of nitrogens with two attached hydrogens (primary N) is 1. The molecule has 4 nitrogen and oxygen atoms in total. The fraction of sp³-hybridized carbons (Fsp3) is 0.417. The lowest BCUT2D eigenvalue weighted by Gasteiger charge is -2.06. The normalized spacial score (nSPS) is 12.1. The van der Waals surface area contributed by atoms with Crippen molar-refractivity contribution >= 4 is 28.1 Å². The lowest BCUT2D eigenvalue weighted by Crippen LogP contribution is -2.15. The molecule has 1 aromatic carbocycles. The number of halogens is 1. The van der Waals surface area contributed by atoms with Crippen molar-refractivity contribution in [3.8, 4) is 0 Å². The van der Waals surface area contributed by atoms with Gasteiger partial charge in [-0.1, -0.05) is 6.92 Å². The molecule has 1 aromatic rings. The van der Waals surface area contributed by atoms with Gasteiger partial charge in [-0.2, -0.15) is 0 Å². The summed E-state index contributed by atoms with van der Waals surface area (Å²) in [6.45, 7) is 1.94. The maximum absolute atomic E-state index is 12.9. The number of hydrogen-bond acceptors (Lipinski definition) is 3. The van der Waals surface area contributed by atoms with E-state index in [1.165, 1.54) is 18.2 Å². The lowest BCUT2D eigenvalue weighted by atomic mass is 10.2. The van der Waals surface area contributed by atoms with E-state index < -0.39 is 16.6 Å². The van der Waals surface area contributed by atoms with Gasteiger partial charge in [0.15, 0.2) is 0 Å². The lowest BCUT2D eigenvalue weighted by molar-refractivity contribution is -0.115. The van der Waals surface area contributed by atoms with Gasteiger partial charge in [0.1, 0.15) is 5.82 Å². The predicted molar refractivity (Wildman–Crippen MR) is 72.2 cm³/mol. The van der Waals surface area contributed by atoms with E-state index in [0.29, 0.717) is 17.2 Å². The van der Waals surface area contributed by atoms with Crippen LogP contribution in [0, 0.1) is 5.82 Å². The van der Waals surface area contributed by atoms with E-state index in [1.807, 2.05) is 6.92 Å². The number of rotatable bonds is 6. The maximum atomic E-state index is 12.9. The Bertz CT molecular complexity index is 452. The highest BCUT2D eigenvalue weighted by Crippen LogP contribution is 2.16. The molecule has 1 amide bonds. The summed E-state index contributed by atoms with van der Waals surface area (Å²) in [6, 6.07) is 3.99. The molecule has 0 fully saturated rings. The Balaban J connectivity index is 2.44. The third-order valence-electron chi connectivity index (χ3n) is 2.27. The summed E-state index contributed by atoms with van der Waals surface area (Å²) in [4.78, 5) is 11.5. The quantitative estimate of drug-likeness (QED) is 0.777. The van der Waals surface area contributed by atoms with E-state index in [2.05, 4.69) is 5.32 Å². The zero-order valence-corrected chi connectivity index (χ0v) is 11.1. The van der Waals surface area contributed by atoms with Crippen LogP contribution in [0.1, 0.15) is 19.8 Å². The second-order valence-corrected chi connectivity index (χ2v) is 5.58. The highest BCUT2D eigenvalue weighted by atomic mass is 32.2. The highest BCUT2D eigenvalue weighted by Gasteiger charge is 2.07. The van der Waals surface area contributed by atoms with Crippen LogP contribution in [0.15, 0.2) is 18.2 Å². The van der Waals surface area contributed by atoms with Crippen LogP contribution in [0.2, 0.25) is 0 Å². The first-order valence-corrected chi connectivity index (χ1v) is 7.21. The average Bonchev–Trinajstić information content (AvgIpc) is 2.32. The Morgan fingerprint density at radius 3 is 2.78 bits per heavy atom. The van der Waals surface area contributed by atoms with Crippen molar-refractivity contribution in [2.75, 3.05) is 22.6 Å². The second-order valence-electron chi connectivity index (χ2n) is 3.88. The third kappa shape index (κ3) is 4.83. The highest BCUT2D eigenvalue weighted by molar-refractivity contribution is 7.84. The van der Waals surface area contributed by atoms with Crippen LogP contribution in [-0.2, 0) is 15.6 Å². The molecule has 0 spiro atoms. The molecule has 18 heavy (non-hydrogen) atoms. The zero-order valence-electron chi connectivity index (χ0n) is 10.2. The minimum absolute atomic E-state index is 0.0117. The van der Waals surface area contributed by atoms with E-state index in [-0.39, 0.29) is 18.0 Å². The first kappa shape index (κ1) is 14.6. The van der Waals surface area contributed by atoms with E-state index in [9.17, 15) is 13.4 Å². The van der Waals surface area contributed by atoms with Crippen LogP contribution >= 0.6 is 0 Å². The largest absolute Gasteiger partial charge is 0.396 e. The third-order valence-corrected chi connectivity index (χ3v) is 3.79. The van der Waals surface area contributed by atoms with Crippen LogP contribution in [0.25, 0.3) is 0 Å². The molecule has 0 aliphatic rings. The van der Waals surface area contributed by atoms with Crippen molar-refractivity contribution in [1.82, 2.24) is 0 Å². The van der Waals surface area contributed by atoms with Crippen molar-refractivity contribution in [2.24, 2.45) is 0 Å². The van der Waals surface area contributed by atoms with E-state index in [1.54, 1.807) is 0 Å². The minimum Gasteiger partial charge on any atom is -0.396 e. The Morgan fingerprint density at radius 2 is 2.17 bits per heavy atom. The molecule has 0 bridgehead atoms. The Morgan fingerprint density at radius 1 is 1.44 bits per heavy atom. The average molecular weight is 272 g/mol. The molecule has 0 aliphatic heterocycles. The van der Waals surface area contributed by atoms with Gasteiger partial charge in [0.25, 0.3) is 0 Å². The fourth-order valence-electron chi connectivity index (χ4n) is 1.38. The summed E-state index contributed by atoms with van der Waals surface area (Å²) in [5.41, 5.74) is 5.82. The van der Waals surface area contributed by atoms with Gasteiger partial charge in [-0.05, 0) is 24.6 Å². The zero-order chi connectivity index (χ0) is 13.5. The molecule has 0 saturated heterocycles. The summed E-state index contributed by atoms with van der Waals surface area (Å²) in [7, 11) is -0.952. The van der Waals surface area contributed by atoms with Crippen molar-refractivity contribution in [2.45, 2.75) is 19.8 Å². The molecule has 100 valence electrons. The van der Waals surface area contributed by atoms with Gasteiger partial charge in [0, 0.05) is 34.4 Å². The number of nitrogens with one attached hydrogen (secondary N) is 1. The first-order valence-electron chi connectivity index (χ1n) is 5.72. The molecule has 1 unspecified atom stereocenters. The summed E-state index contributed by atoms with van der Waals surface area (Å²) >= 11 is 0. The van der Waals surface area contributed by atoms with Crippen LogP contribution in [-0.4, -0.2) is 21.6 Å². The smallest absolute Gasteiger partial charge is 0.225 e. The molecule has 1 rings (SSSR count). The minimum atomic E-state index is -0.952. The van der Waals surface area contributed by atoms with Crippen LogP contribution in [0.4, 0.5) is 15.8 Å². The van der Waals surface area contributed by atoms with Gasteiger partial charge in [-0.25, -0.2) is 4.39 Å². The van der Waals surface area contributed by atoms with Crippen LogP contribution in [0.5, 0.6) is 0 Å². The van der Waals surface area contributed by atoms with Crippen molar-refractivity contribution in [3.63, 3.8) is 0 Å². The van der Waals surface area contributed by atoms with Gasteiger partial charge in [-0.3, -0.25) is 9.00 Å². The van der Waals surface area contributed by atoms with E-state index in [4.69, 9.17) is 5.73 Å². The first-order chi connectivity index (χ1) is 8.52. The van der Waals surface area contributed by atoms with Gasteiger partial charge in [-0.15, -0.1) is 0 Å². The van der Waals surface area contributed by atoms with Crippen LogP contribution in [0.3, 0.4) is 0 Å². The predicted octanol–water partition coefficient (Wildman–Crippen LogP) is 1.90. The Kier molecular flexibility index (Phi) is 5.77. The van der Waals surface area contributed by atoms with Crippen molar-refractivity contribution in [1.29, 1.82) is 0 Å². The number of carbonyl (C=O) groups excluding carboxylic acids is 1. The molecule has 1 atom stereocenters. The number of hydrogen-bond donors (Lipinski definition) is 2. The van der Waals surface area contributed by atoms with Gasteiger partial charge >= 0.3 is 0 Å². The van der Waals surface area contributed by atoms with Gasteiger partial charge in [0.2, 0.25) is 5.91 Å². The molecular formula is C12H17FN2O2S. The van der Waals surface area contributed by atoms with Crippen molar-refractivity contribution < 1.29 is 13.4 Å². The molecular weight excluding hydrogens is 255 g/mol. The standard InChI is InChI=1S/C12H17FN2O2S/c1-2-6-18(17)7-5-12(16)15-9-3-4-10(13)11(14)8-9/h3-4,8H,2,5-7,14H2,1H3,(H,15,16). The number of amides is 1. The molecule has 0 saturated carbocycles. The van der Waals surface area contributed by atoms with Gasteiger partial charge in [0.05, 0.1) is 5.69 Å². The monoisotopic (exact) mass is 272 g/mol. The Labute approximate surface area is 108 Å². The molecule has 3 N–H and O–H groups in total. The molecule has 6 heteroatoms. The summed E-state index contributed by atoms with van der Waals surface area (Å²) in [5, 5.41) is 2.59. The molecule has 0 radical (unpaired) electrons. The molecule has 0 aliphatic carbocycles. The van der Waals surface area contributed by atoms with Crippen molar-refractivity contribution in [3.05, 3.63) is 24.0 Å². The topological polar surface area (TPSA) is 72.2 Å².